The molecule has 0 aliphatic carbocycles. The van der Waals surface area contributed by atoms with E-state index in [2.05, 4.69) is 15.4 Å². The Balaban J connectivity index is 1.65. The molecule has 0 aliphatic rings. The van der Waals surface area contributed by atoms with Gasteiger partial charge in [0.15, 0.2) is 5.65 Å². The zero-order valence-electron chi connectivity index (χ0n) is 14.6. The SMILES string of the molecule is Cc1ccccc1[C@H](CC(=O)O)NC(=O)c1cc2nc3ccccc3n2[nH]1. The lowest BCUT2D eigenvalue weighted by Gasteiger charge is -2.19. The maximum atomic E-state index is 12.7. The van der Waals surface area contributed by atoms with Crippen molar-refractivity contribution < 1.29 is 14.7 Å². The molecule has 136 valence electrons. The highest BCUT2D eigenvalue weighted by molar-refractivity contribution is 5.95. The van der Waals surface area contributed by atoms with E-state index in [1.165, 1.54) is 0 Å². The van der Waals surface area contributed by atoms with Crippen LogP contribution in [0.4, 0.5) is 0 Å². The van der Waals surface area contributed by atoms with Gasteiger partial charge in [-0.1, -0.05) is 36.4 Å². The molecular weight excluding hydrogens is 344 g/mol. The van der Waals surface area contributed by atoms with Gasteiger partial charge in [0.1, 0.15) is 5.69 Å². The van der Waals surface area contributed by atoms with Gasteiger partial charge in [-0.25, -0.2) is 9.50 Å². The lowest BCUT2D eigenvalue weighted by Crippen LogP contribution is -2.31. The van der Waals surface area contributed by atoms with E-state index >= 15 is 0 Å². The number of aromatic nitrogens is 3. The number of hydrogen-bond acceptors (Lipinski definition) is 3. The monoisotopic (exact) mass is 362 g/mol. The summed E-state index contributed by atoms with van der Waals surface area (Å²) in [6, 6.07) is 16.1. The molecule has 0 radical (unpaired) electrons. The third-order valence-corrected chi connectivity index (χ3v) is 4.58. The van der Waals surface area contributed by atoms with Crippen LogP contribution in [0.3, 0.4) is 0 Å². The van der Waals surface area contributed by atoms with Crippen molar-refractivity contribution in [2.75, 3.05) is 0 Å². The summed E-state index contributed by atoms with van der Waals surface area (Å²) >= 11 is 0. The fourth-order valence-electron chi connectivity index (χ4n) is 3.28. The van der Waals surface area contributed by atoms with Crippen LogP contribution in [0.25, 0.3) is 16.7 Å². The molecule has 1 atom stereocenters. The maximum Gasteiger partial charge on any atom is 0.305 e. The summed E-state index contributed by atoms with van der Waals surface area (Å²) in [6.07, 6.45) is -0.197. The molecule has 4 aromatic rings. The number of carboxylic acids is 1. The summed E-state index contributed by atoms with van der Waals surface area (Å²) in [7, 11) is 0. The number of carbonyl (C=O) groups is 2. The number of fused-ring (bicyclic) bond motifs is 3. The molecule has 0 unspecified atom stereocenters. The molecule has 0 aliphatic heterocycles. The van der Waals surface area contributed by atoms with Gasteiger partial charge in [0.2, 0.25) is 0 Å². The highest BCUT2D eigenvalue weighted by atomic mass is 16.4. The van der Waals surface area contributed by atoms with Crippen LogP contribution < -0.4 is 5.32 Å². The zero-order valence-corrected chi connectivity index (χ0v) is 14.6. The molecule has 0 bridgehead atoms. The molecule has 2 aromatic heterocycles. The van der Waals surface area contributed by atoms with Gasteiger partial charge in [0.25, 0.3) is 5.91 Å². The number of aryl methyl sites for hydroxylation is 1. The van der Waals surface area contributed by atoms with Crippen LogP contribution in [0, 0.1) is 6.92 Å². The van der Waals surface area contributed by atoms with E-state index in [4.69, 9.17) is 0 Å². The number of imidazole rings is 1. The predicted octanol–water partition coefficient (Wildman–Crippen LogP) is 3.07. The average molecular weight is 362 g/mol. The summed E-state index contributed by atoms with van der Waals surface area (Å²) in [5.41, 5.74) is 4.37. The second-order valence-electron chi connectivity index (χ2n) is 6.44. The number of carbonyl (C=O) groups excluding carboxylic acids is 1. The first kappa shape index (κ1) is 16.8. The lowest BCUT2D eigenvalue weighted by molar-refractivity contribution is -0.137. The molecule has 27 heavy (non-hydrogen) atoms. The molecule has 0 spiro atoms. The second-order valence-corrected chi connectivity index (χ2v) is 6.44. The van der Waals surface area contributed by atoms with Crippen LogP contribution in [0.15, 0.2) is 54.6 Å². The minimum atomic E-state index is -0.976. The van der Waals surface area contributed by atoms with Gasteiger partial charge in [0.05, 0.1) is 23.5 Å². The molecule has 7 nitrogen and oxygen atoms in total. The van der Waals surface area contributed by atoms with E-state index in [-0.39, 0.29) is 12.3 Å². The normalized spacial score (nSPS) is 12.3. The topological polar surface area (TPSA) is 99.5 Å². The number of aliphatic carboxylic acids is 1. The highest BCUT2D eigenvalue weighted by Crippen LogP contribution is 2.22. The third-order valence-electron chi connectivity index (χ3n) is 4.58. The van der Waals surface area contributed by atoms with E-state index in [9.17, 15) is 14.7 Å². The molecule has 3 N–H and O–H groups in total. The predicted molar refractivity (Wildman–Crippen MR) is 101 cm³/mol. The van der Waals surface area contributed by atoms with E-state index < -0.39 is 12.0 Å². The molecule has 0 saturated carbocycles. The van der Waals surface area contributed by atoms with Crippen molar-refractivity contribution in [3.63, 3.8) is 0 Å². The number of hydrogen-bond donors (Lipinski definition) is 3. The Morgan fingerprint density at radius 1 is 1.19 bits per heavy atom. The molecule has 2 heterocycles. The van der Waals surface area contributed by atoms with Gasteiger partial charge in [-0.3, -0.25) is 14.7 Å². The first-order valence-electron chi connectivity index (χ1n) is 8.57. The molecular formula is C20H18N4O3. The number of rotatable bonds is 5. The summed E-state index contributed by atoms with van der Waals surface area (Å²) < 4.78 is 1.74. The van der Waals surface area contributed by atoms with Crippen LogP contribution >= 0.6 is 0 Å². The van der Waals surface area contributed by atoms with Crippen molar-refractivity contribution in [2.24, 2.45) is 0 Å². The van der Waals surface area contributed by atoms with Gasteiger partial charge < -0.3 is 10.4 Å². The number of amides is 1. The molecule has 7 heteroatoms. The quantitative estimate of drug-likeness (QED) is 0.508. The zero-order chi connectivity index (χ0) is 19.0. The van der Waals surface area contributed by atoms with E-state index in [0.717, 1.165) is 22.2 Å². The van der Waals surface area contributed by atoms with Gasteiger partial charge in [-0.15, -0.1) is 0 Å². The van der Waals surface area contributed by atoms with Crippen molar-refractivity contribution in [1.29, 1.82) is 0 Å². The number of H-pyrrole nitrogens is 1. The number of aromatic amines is 1. The van der Waals surface area contributed by atoms with Crippen molar-refractivity contribution >= 4 is 28.6 Å². The molecule has 1 amide bonds. The smallest absolute Gasteiger partial charge is 0.305 e. The van der Waals surface area contributed by atoms with Crippen LogP contribution in [-0.2, 0) is 4.79 Å². The van der Waals surface area contributed by atoms with Crippen molar-refractivity contribution in [3.05, 3.63) is 71.4 Å². The Labute approximate surface area is 154 Å². The maximum absolute atomic E-state index is 12.7. The molecule has 4 rings (SSSR count). The van der Waals surface area contributed by atoms with Crippen LogP contribution in [-0.4, -0.2) is 31.6 Å². The first-order valence-corrected chi connectivity index (χ1v) is 8.57. The molecule has 0 saturated heterocycles. The minimum absolute atomic E-state index is 0.197. The van der Waals surface area contributed by atoms with Gasteiger partial charge in [-0.2, -0.15) is 0 Å². The summed E-state index contributed by atoms with van der Waals surface area (Å²) in [6.45, 7) is 1.89. The van der Waals surface area contributed by atoms with Gasteiger partial charge in [0, 0.05) is 6.07 Å². The summed E-state index contributed by atoms with van der Waals surface area (Å²) in [4.78, 5) is 28.5. The Kier molecular flexibility index (Phi) is 4.12. The highest BCUT2D eigenvalue weighted by Gasteiger charge is 2.22. The number of nitrogens with zero attached hydrogens (tertiary/aromatic N) is 2. The molecule has 2 aromatic carbocycles. The summed E-state index contributed by atoms with van der Waals surface area (Å²) in [5, 5.41) is 15.1. The van der Waals surface area contributed by atoms with E-state index in [0.29, 0.717) is 11.3 Å². The van der Waals surface area contributed by atoms with Crippen LogP contribution in [0.2, 0.25) is 0 Å². The van der Waals surface area contributed by atoms with Crippen molar-refractivity contribution in [2.45, 2.75) is 19.4 Å². The molecule has 0 fully saturated rings. The Bertz CT molecular complexity index is 1160. The average Bonchev–Trinajstić information content (AvgIpc) is 3.19. The largest absolute Gasteiger partial charge is 0.481 e. The Hall–Kier alpha value is -3.61. The third kappa shape index (κ3) is 3.15. The summed E-state index contributed by atoms with van der Waals surface area (Å²) in [5.74, 6) is -1.35. The number of para-hydroxylation sites is 2. The van der Waals surface area contributed by atoms with E-state index in [1.54, 1.807) is 10.6 Å². The fraction of sp³-hybridized carbons (Fsp3) is 0.150. The van der Waals surface area contributed by atoms with Crippen molar-refractivity contribution in [1.82, 2.24) is 19.9 Å². The van der Waals surface area contributed by atoms with Crippen molar-refractivity contribution in [3.8, 4) is 0 Å². The van der Waals surface area contributed by atoms with E-state index in [1.807, 2.05) is 55.5 Å². The number of benzene rings is 2. The minimum Gasteiger partial charge on any atom is -0.481 e. The van der Waals surface area contributed by atoms with Crippen LogP contribution in [0.1, 0.15) is 34.1 Å². The standard InChI is InChI=1S/C20H18N4O3/c1-12-6-2-3-7-13(12)15(11-19(25)26)22-20(27)16-10-18-21-14-8-4-5-9-17(14)24(18)23-16/h2-10,15,23H,11H2,1H3,(H,22,27)(H,25,26)/t15-/m0/s1. The Morgan fingerprint density at radius 2 is 1.93 bits per heavy atom. The first-order chi connectivity index (χ1) is 13.0. The fourth-order valence-corrected chi connectivity index (χ4v) is 3.28. The van der Waals surface area contributed by atoms with Gasteiger partial charge in [-0.05, 0) is 30.2 Å². The number of nitrogens with one attached hydrogen (secondary N) is 2. The van der Waals surface area contributed by atoms with Gasteiger partial charge >= 0.3 is 5.97 Å². The lowest BCUT2D eigenvalue weighted by atomic mass is 9.98. The Morgan fingerprint density at radius 3 is 2.70 bits per heavy atom. The number of carboxylic acid groups (broad SMARTS) is 1. The van der Waals surface area contributed by atoms with Crippen LogP contribution in [0.5, 0.6) is 0 Å². The second kappa shape index (κ2) is 6.60.